The van der Waals surface area contributed by atoms with Crippen molar-refractivity contribution in [1.82, 2.24) is 10.4 Å². The van der Waals surface area contributed by atoms with Crippen molar-refractivity contribution in [2.24, 2.45) is 4.40 Å². The monoisotopic (exact) mass is 241 g/mol. The van der Waals surface area contributed by atoms with Crippen LogP contribution in [0.15, 0.2) is 33.6 Å². The second kappa shape index (κ2) is 5.09. The quantitative estimate of drug-likeness (QED) is 0.481. The summed E-state index contributed by atoms with van der Waals surface area (Å²) >= 11 is 0. The molecule has 5 nitrogen and oxygen atoms in total. The van der Waals surface area contributed by atoms with Gasteiger partial charge in [0.1, 0.15) is 6.34 Å². The Hall–Kier alpha value is -1.40. The molecule has 0 fully saturated rings. The number of hydrogen-bond donors (Lipinski definition) is 1. The minimum absolute atomic E-state index is 0.190. The fourth-order valence-electron chi connectivity index (χ4n) is 0.980. The number of nitrogens with one attached hydrogen (secondary N) is 1. The molecule has 0 aliphatic heterocycles. The molecule has 0 atom stereocenters. The predicted molar refractivity (Wildman–Crippen MR) is 63.7 cm³/mol. The fraction of sp³-hybridized carbons (Fsp3) is 0.300. The predicted octanol–water partition coefficient (Wildman–Crippen LogP) is 0.778. The summed E-state index contributed by atoms with van der Waals surface area (Å²) in [6, 6.07) is 6.55. The molecular formula is C10H15N3O2S. The van der Waals surface area contributed by atoms with Gasteiger partial charge in [-0.2, -0.15) is 8.42 Å². The van der Waals surface area contributed by atoms with Crippen molar-refractivity contribution in [3.8, 4) is 0 Å². The number of sulfonamides is 1. The second-order valence-corrected chi connectivity index (χ2v) is 5.18. The maximum absolute atomic E-state index is 11.7. The number of rotatable bonds is 4. The van der Waals surface area contributed by atoms with Gasteiger partial charge in [-0.15, -0.1) is 4.40 Å². The summed E-state index contributed by atoms with van der Waals surface area (Å²) in [4.78, 5) is 0.190. The molecule has 0 bridgehead atoms. The Kier molecular flexibility index (Phi) is 4.03. The van der Waals surface area contributed by atoms with E-state index in [0.717, 1.165) is 11.9 Å². The van der Waals surface area contributed by atoms with Crippen molar-refractivity contribution in [2.75, 3.05) is 14.1 Å². The highest BCUT2D eigenvalue weighted by atomic mass is 32.2. The first-order chi connectivity index (χ1) is 7.42. The van der Waals surface area contributed by atoms with Crippen LogP contribution in [0.3, 0.4) is 0 Å². The Labute approximate surface area is 95.8 Å². The van der Waals surface area contributed by atoms with Gasteiger partial charge < -0.3 is 5.43 Å². The minimum atomic E-state index is -3.59. The van der Waals surface area contributed by atoms with E-state index in [1.165, 1.54) is 12.1 Å². The van der Waals surface area contributed by atoms with Gasteiger partial charge in [0.2, 0.25) is 0 Å². The van der Waals surface area contributed by atoms with E-state index in [1.54, 1.807) is 31.2 Å². The number of hydrazine groups is 1. The first kappa shape index (κ1) is 12.7. The van der Waals surface area contributed by atoms with E-state index in [4.69, 9.17) is 0 Å². The molecule has 0 radical (unpaired) electrons. The zero-order valence-electron chi connectivity index (χ0n) is 9.51. The molecule has 0 aliphatic rings. The standard InChI is InChI=1S/C10H15N3O2S/c1-9-4-6-10(7-5-9)16(14,15)12-8-11-13(2)3/h4-8H,1-3H3,(H,11,12). The Morgan fingerprint density at radius 2 is 1.81 bits per heavy atom. The van der Waals surface area contributed by atoms with Crippen LogP contribution in [0.4, 0.5) is 0 Å². The molecule has 1 aromatic carbocycles. The van der Waals surface area contributed by atoms with Crippen LogP contribution in [0.25, 0.3) is 0 Å². The summed E-state index contributed by atoms with van der Waals surface area (Å²) in [7, 11) is -0.111. The lowest BCUT2D eigenvalue weighted by molar-refractivity contribution is 0.368. The van der Waals surface area contributed by atoms with Gasteiger partial charge in [-0.05, 0) is 19.1 Å². The van der Waals surface area contributed by atoms with Gasteiger partial charge >= 0.3 is 0 Å². The summed E-state index contributed by atoms with van der Waals surface area (Å²) in [5, 5.41) is 1.59. The number of nitrogens with zero attached hydrogens (tertiary/aromatic N) is 2. The van der Waals surface area contributed by atoms with Crippen molar-refractivity contribution in [1.29, 1.82) is 0 Å². The lowest BCUT2D eigenvalue weighted by atomic mass is 10.2. The maximum atomic E-state index is 11.7. The molecule has 16 heavy (non-hydrogen) atoms. The second-order valence-electron chi connectivity index (χ2n) is 3.55. The minimum Gasteiger partial charge on any atom is -0.309 e. The van der Waals surface area contributed by atoms with Gasteiger partial charge in [-0.25, -0.2) is 5.01 Å². The zero-order chi connectivity index (χ0) is 12.2. The SMILES string of the molecule is Cc1ccc(S(=O)(=O)N=CNN(C)C)cc1. The normalized spacial score (nSPS) is 12.2. The zero-order valence-corrected chi connectivity index (χ0v) is 10.3. The Balaban J connectivity index is 2.86. The first-order valence-electron chi connectivity index (χ1n) is 4.71. The molecule has 1 aromatic rings. The molecule has 1 N–H and O–H groups in total. The molecule has 0 spiro atoms. The van der Waals surface area contributed by atoms with Gasteiger partial charge in [0.25, 0.3) is 10.0 Å². The fourth-order valence-corrected chi connectivity index (χ4v) is 1.77. The van der Waals surface area contributed by atoms with Crippen LogP contribution < -0.4 is 5.43 Å². The third-order valence-corrected chi connectivity index (χ3v) is 3.08. The van der Waals surface area contributed by atoms with Crippen LogP contribution >= 0.6 is 0 Å². The Bertz CT molecular complexity index is 463. The van der Waals surface area contributed by atoms with Crippen LogP contribution in [-0.4, -0.2) is 33.9 Å². The van der Waals surface area contributed by atoms with Gasteiger partial charge in [-0.1, -0.05) is 17.7 Å². The van der Waals surface area contributed by atoms with Gasteiger partial charge in [0.05, 0.1) is 4.90 Å². The molecule has 0 unspecified atom stereocenters. The Morgan fingerprint density at radius 3 is 2.31 bits per heavy atom. The summed E-state index contributed by atoms with van der Waals surface area (Å²) in [5.41, 5.74) is 3.65. The van der Waals surface area contributed by atoms with Crippen molar-refractivity contribution in [2.45, 2.75) is 11.8 Å². The van der Waals surface area contributed by atoms with E-state index in [2.05, 4.69) is 9.82 Å². The Morgan fingerprint density at radius 1 is 1.25 bits per heavy atom. The molecule has 0 heterocycles. The van der Waals surface area contributed by atoms with E-state index in [-0.39, 0.29) is 4.90 Å². The molecule has 0 amide bonds. The van der Waals surface area contributed by atoms with Crippen LogP contribution in [0.1, 0.15) is 5.56 Å². The molecule has 0 aliphatic carbocycles. The average Bonchev–Trinajstić information content (AvgIpc) is 2.17. The third kappa shape index (κ3) is 3.63. The van der Waals surface area contributed by atoms with Crippen LogP contribution in [0.5, 0.6) is 0 Å². The van der Waals surface area contributed by atoms with E-state index in [0.29, 0.717) is 0 Å². The average molecular weight is 241 g/mol. The molecule has 88 valence electrons. The van der Waals surface area contributed by atoms with Crippen molar-refractivity contribution in [3.05, 3.63) is 29.8 Å². The number of hydrogen-bond acceptors (Lipinski definition) is 3. The molecule has 1 rings (SSSR count). The molecule has 6 heteroatoms. The number of benzene rings is 1. The maximum Gasteiger partial charge on any atom is 0.283 e. The van der Waals surface area contributed by atoms with Crippen LogP contribution in [0, 0.1) is 6.92 Å². The highest BCUT2D eigenvalue weighted by Crippen LogP contribution is 2.12. The van der Waals surface area contributed by atoms with Crippen molar-refractivity contribution < 1.29 is 8.42 Å². The molecule has 0 aromatic heterocycles. The lowest BCUT2D eigenvalue weighted by Gasteiger charge is -2.07. The first-order valence-corrected chi connectivity index (χ1v) is 6.15. The van der Waals surface area contributed by atoms with Gasteiger partial charge in [0, 0.05) is 14.1 Å². The largest absolute Gasteiger partial charge is 0.309 e. The summed E-state index contributed by atoms with van der Waals surface area (Å²) in [6.45, 7) is 1.90. The highest BCUT2D eigenvalue weighted by molar-refractivity contribution is 7.90. The third-order valence-electron chi connectivity index (χ3n) is 1.83. The smallest absolute Gasteiger partial charge is 0.283 e. The molecule has 0 saturated carbocycles. The number of aryl methyl sites for hydroxylation is 1. The topological polar surface area (TPSA) is 61.8 Å². The van der Waals surface area contributed by atoms with E-state index in [1.807, 2.05) is 6.92 Å². The summed E-state index contributed by atoms with van der Waals surface area (Å²) < 4.78 is 26.8. The highest BCUT2D eigenvalue weighted by Gasteiger charge is 2.10. The summed E-state index contributed by atoms with van der Waals surface area (Å²) in [5.74, 6) is 0. The molecule has 0 saturated heterocycles. The van der Waals surface area contributed by atoms with Gasteiger partial charge in [0.15, 0.2) is 0 Å². The van der Waals surface area contributed by atoms with Crippen LogP contribution in [0.2, 0.25) is 0 Å². The van der Waals surface area contributed by atoms with Crippen molar-refractivity contribution in [3.63, 3.8) is 0 Å². The lowest BCUT2D eigenvalue weighted by Crippen LogP contribution is -2.29. The van der Waals surface area contributed by atoms with Crippen LogP contribution in [-0.2, 0) is 10.0 Å². The van der Waals surface area contributed by atoms with E-state index < -0.39 is 10.0 Å². The van der Waals surface area contributed by atoms with E-state index >= 15 is 0 Å². The van der Waals surface area contributed by atoms with Gasteiger partial charge in [-0.3, -0.25) is 0 Å². The molecular weight excluding hydrogens is 226 g/mol. The van der Waals surface area contributed by atoms with E-state index in [9.17, 15) is 8.42 Å². The van der Waals surface area contributed by atoms with Crippen molar-refractivity contribution >= 4 is 16.4 Å². The summed E-state index contributed by atoms with van der Waals surface area (Å²) in [6.07, 6.45) is 1.15.